The fourth-order valence-electron chi connectivity index (χ4n) is 1.89. The van der Waals surface area contributed by atoms with Crippen LogP contribution in [0, 0.1) is 0 Å². The van der Waals surface area contributed by atoms with Gasteiger partial charge in [0.25, 0.3) is 0 Å². The molecule has 1 aromatic rings. The van der Waals surface area contributed by atoms with Crippen LogP contribution in [0.25, 0.3) is 0 Å². The topological polar surface area (TPSA) is 80.7 Å². The Kier molecular flexibility index (Phi) is 4.15. The number of carbonyl (C=O) groups is 1. The van der Waals surface area contributed by atoms with Gasteiger partial charge >= 0.3 is 5.97 Å². The number of carboxylic acid groups (broad SMARTS) is 1. The van der Waals surface area contributed by atoms with Crippen LogP contribution in [0.3, 0.4) is 0 Å². The van der Waals surface area contributed by atoms with E-state index in [4.69, 9.17) is 9.84 Å². The van der Waals surface area contributed by atoms with E-state index in [1.807, 2.05) is 0 Å². The largest absolute Gasteiger partial charge is 0.489 e. The third kappa shape index (κ3) is 3.70. The van der Waals surface area contributed by atoms with Crippen molar-refractivity contribution in [2.24, 2.45) is 0 Å². The molecule has 19 heavy (non-hydrogen) atoms. The van der Waals surface area contributed by atoms with Gasteiger partial charge in [0, 0.05) is 0 Å². The first kappa shape index (κ1) is 14.3. The highest BCUT2D eigenvalue weighted by Crippen LogP contribution is 2.29. The number of ether oxygens (including phenoxy) is 1. The number of carboxylic acids is 1. The monoisotopic (exact) mass is 348 g/mol. The minimum atomic E-state index is -2.93. The number of halogens is 1. The Balaban J connectivity index is 2.11. The lowest BCUT2D eigenvalue weighted by Gasteiger charge is -2.23. The van der Waals surface area contributed by atoms with Gasteiger partial charge in [-0.1, -0.05) is 0 Å². The molecular weight excluding hydrogens is 336 g/mol. The first-order chi connectivity index (χ1) is 8.87. The molecule has 2 rings (SSSR count). The fraction of sp³-hybridized carbons (Fsp3) is 0.417. The van der Waals surface area contributed by atoms with Gasteiger partial charge in [0.05, 0.1) is 21.5 Å². The fourth-order valence-corrected chi connectivity index (χ4v) is 3.68. The van der Waals surface area contributed by atoms with E-state index < -0.39 is 15.8 Å². The van der Waals surface area contributed by atoms with E-state index in [1.54, 1.807) is 6.07 Å². The van der Waals surface area contributed by atoms with Crippen LogP contribution >= 0.6 is 15.9 Å². The molecule has 0 bridgehead atoms. The zero-order valence-corrected chi connectivity index (χ0v) is 12.4. The zero-order chi connectivity index (χ0) is 14.0. The normalized spacial score (nSPS) is 19.0. The molecule has 0 saturated carbocycles. The Morgan fingerprint density at radius 2 is 1.95 bits per heavy atom. The molecule has 1 fully saturated rings. The van der Waals surface area contributed by atoms with E-state index in [0.717, 1.165) is 0 Å². The lowest BCUT2D eigenvalue weighted by molar-refractivity contribution is 0.0696. The van der Waals surface area contributed by atoms with Crippen molar-refractivity contribution >= 4 is 31.7 Å². The van der Waals surface area contributed by atoms with Gasteiger partial charge in [-0.15, -0.1) is 0 Å². The van der Waals surface area contributed by atoms with Crippen molar-refractivity contribution in [1.82, 2.24) is 0 Å². The summed E-state index contributed by atoms with van der Waals surface area (Å²) in [6.45, 7) is 0. The van der Waals surface area contributed by atoms with Gasteiger partial charge in [-0.2, -0.15) is 0 Å². The van der Waals surface area contributed by atoms with Crippen LogP contribution in [-0.4, -0.2) is 37.1 Å². The van der Waals surface area contributed by atoms with Gasteiger partial charge < -0.3 is 9.84 Å². The van der Waals surface area contributed by atoms with Crippen LogP contribution < -0.4 is 4.74 Å². The lowest BCUT2D eigenvalue weighted by Crippen LogP contribution is -2.30. The second kappa shape index (κ2) is 5.50. The van der Waals surface area contributed by atoms with Crippen LogP contribution in [-0.2, 0) is 9.84 Å². The number of hydrogen-bond donors (Lipinski definition) is 1. The smallest absolute Gasteiger partial charge is 0.335 e. The Labute approximate surface area is 119 Å². The minimum Gasteiger partial charge on any atom is -0.489 e. The van der Waals surface area contributed by atoms with E-state index >= 15 is 0 Å². The van der Waals surface area contributed by atoms with E-state index in [-0.39, 0.29) is 23.2 Å². The summed E-state index contributed by atoms with van der Waals surface area (Å²) >= 11 is 3.29. The molecule has 0 radical (unpaired) electrons. The third-order valence-corrected chi connectivity index (χ3v) is 5.34. The van der Waals surface area contributed by atoms with Crippen molar-refractivity contribution in [2.45, 2.75) is 18.9 Å². The predicted octanol–water partition coefficient (Wildman–Crippen LogP) is 2.10. The van der Waals surface area contributed by atoms with Gasteiger partial charge in [0.2, 0.25) is 0 Å². The van der Waals surface area contributed by atoms with Crippen LogP contribution in [0.4, 0.5) is 0 Å². The highest BCUT2D eigenvalue weighted by atomic mass is 79.9. The molecule has 1 aromatic carbocycles. The Hall–Kier alpha value is -1.08. The minimum absolute atomic E-state index is 0.119. The molecule has 104 valence electrons. The molecule has 1 heterocycles. The molecule has 1 aliphatic heterocycles. The van der Waals surface area contributed by atoms with Crippen molar-refractivity contribution in [3.63, 3.8) is 0 Å². The van der Waals surface area contributed by atoms with Crippen LogP contribution in [0.15, 0.2) is 22.7 Å². The average Bonchev–Trinajstić information content (AvgIpc) is 2.34. The maximum atomic E-state index is 11.3. The van der Waals surface area contributed by atoms with E-state index in [1.165, 1.54) is 12.1 Å². The van der Waals surface area contributed by atoms with Gasteiger partial charge in [0.1, 0.15) is 11.9 Å². The predicted molar refractivity (Wildman–Crippen MR) is 73.4 cm³/mol. The summed E-state index contributed by atoms with van der Waals surface area (Å²) in [4.78, 5) is 10.9. The summed E-state index contributed by atoms with van der Waals surface area (Å²) in [6, 6.07) is 4.53. The molecule has 0 atom stereocenters. The van der Waals surface area contributed by atoms with Gasteiger partial charge in [-0.25, -0.2) is 13.2 Å². The van der Waals surface area contributed by atoms with Gasteiger partial charge in [-0.3, -0.25) is 0 Å². The molecule has 0 spiro atoms. The highest BCUT2D eigenvalue weighted by Gasteiger charge is 2.25. The van der Waals surface area contributed by atoms with Gasteiger partial charge in [-0.05, 0) is 47.0 Å². The molecule has 7 heteroatoms. The van der Waals surface area contributed by atoms with Crippen molar-refractivity contribution in [3.05, 3.63) is 28.2 Å². The van der Waals surface area contributed by atoms with Crippen molar-refractivity contribution < 1.29 is 23.1 Å². The number of rotatable bonds is 3. The Bertz CT molecular complexity index is 582. The molecule has 0 amide bonds. The molecule has 5 nitrogen and oxygen atoms in total. The zero-order valence-electron chi connectivity index (χ0n) is 10.0. The van der Waals surface area contributed by atoms with E-state index in [9.17, 15) is 13.2 Å². The highest BCUT2D eigenvalue weighted by molar-refractivity contribution is 9.10. The number of sulfone groups is 1. The summed E-state index contributed by atoms with van der Waals surface area (Å²) < 4.78 is 29.0. The molecule has 1 aliphatic rings. The van der Waals surface area contributed by atoms with E-state index in [2.05, 4.69) is 15.9 Å². The molecule has 1 N–H and O–H groups in total. The summed E-state index contributed by atoms with van der Waals surface area (Å²) in [7, 11) is -2.93. The molecule has 0 unspecified atom stereocenters. The standard InChI is InChI=1S/C12H13BrO5S/c13-10-2-1-8(12(14)15)7-11(10)18-9-3-5-19(16,17)6-4-9/h1-2,7,9H,3-6H2,(H,14,15). The number of aromatic carboxylic acids is 1. The summed E-state index contributed by atoms with van der Waals surface area (Å²) in [5.41, 5.74) is 0.140. The first-order valence-electron chi connectivity index (χ1n) is 5.77. The van der Waals surface area contributed by atoms with Crippen molar-refractivity contribution in [2.75, 3.05) is 11.5 Å². The summed E-state index contributed by atoms with van der Waals surface area (Å²) in [5, 5.41) is 8.92. The van der Waals surface area contributed by atoms with Crippen LogP contribution in [0.1, 0.15) is 23.2 Å². The maximum absolute atomic E-state index is 11.3. The third-order valence-electron chi connectivity index (χ3n) is 2.97. The SMILES string of the molecule is O=C(O)c1ccc(Br)c(OC2CCS(=O)(=O)CC2)c1. The Morgan fingerprint density at radius 3 is 2.53 bits per heavy atom. The first-order valence-corrected chi connectivity index (χ1v) is 8.39. The molecule has 0 aliphatic carbocycles. The van der Waals surface area contributed by atoms with Crippen LogP contribution in [0.2, 0.25) is 0 Å². The summed E-state index contributed by atoms with van der Waals surface area (Å²) in [6.07, 6.45) is 0.682. The summed E-state index contributed by atoms with van der Waals surface area (Å²) in [5.74, 6) is -0.352. The molecule has 1 saturated heterocycles. The van der Waals surface area contributed by atoms with Crippen LogP contribution in [0.5, 0.6) is 5.75 Å². The maximum Gasteiger partial charge on any atom is 0.335 e. The number of hydrogen-bond acceptors (Lipinski definition) is 4. The van der Waals surface area contributed by atoms with E-state index in [0.29, 0.717) is 23.1 Å². The van der Waals surface area contributed by atoms with Gasteiger partial charge in [0.15, 0.2) is 9.84 Å². The van der Waals surface area contributed by atoms with Crippen molar-refractivity contribution in [3.8, 4) is 5.75 Å². The second-order valence-electron chi connectivity index (χ2n) is 4.42. The Morgan fingerprint density at radius 1 is 1.32 bits per heavy atom. The quantitative estimate of drug-likeness (QED) is 0.904. The second-order valence-corrected chi connectivity index (χ2v) is 7.58. The molecular formula is C12H13BrO5S. The number of benzene rings is 1. The van der Waals surface area contributed by atoms with Crippen molar-refractivity contribution in [1.29, 1.82) is 0 Å². The average molecular weight is 349 g/mol. The molecule has 0 aromatic heterocycles. The lowest BCUT2D eigenvalue weighted by atomic mass is 10.2.